The molecule has 0 amide bonds. The van der Waals surface area contributed by atoms with Crippen molar-refractivity contribution in [3.63, 3.8) is 0 Å². The van der Waals surface area contributed by atoms with Crippen molar-refractivity contribution in [1.82, 2.24) is 4.90 Å². The molecule has 0 aliphatic carbocycles. The number of halogens is 3. The molecule has 17 heavy (non-hydrogen) atoms. The number of thiol groups is 1. The lowest BCUT2D eigenvalue weighted by Crippen LogP contribution is -2.27. The van der Waals surface area contributed by atoms with Gasteiger partial charge < -0.3 is 0 Å². The quantitative estimate of drug-likeness (QED) is 0.643. The molecule has 0 aliphatic rings. The summed E-state index contributed by atoms with van der Waals surface area (Å²) < 4.78 is 38.1. The molecular formula is C12H16F3NS. The minimum absolute atomic E-state index is 0.0352. The molecule has 1 rings (SSSR count). The Kier molecular flexibility index (Phi) is 4.89. The Morgan fingerprint density at radius 2 is 1.88 bits per heavy atom. The molecule has 0 saturated heterocycles. The van der Waals surface area contributed by atoms with E-state index in [4.69, 9.17) is 0 Å². The van der Waals surface area contributed by atoms with Crippen LogP contribution in [0.15, 0.2) is 24.3 Å². The van der Waals surface area contributed by atoms with Crippen LogP contribution in [0.2, 0.25) is 0 Å². The van der Waals surface area contributed by atoms with Gasteiger partial charge in [-0.05, 0) is 32.0 Å². The molecule has 1 unspecified atom stereocenters. The summed E-state index contributed by atoms with van der Waals surface area (Å²) in [6.45, 7) is 2.44. The van der Waals surface area contributed by atoms with Gasteiger partial charge in [0.1, 0.15) is 0 Å². The average Bonchev–Trinajstić information content (AvgIpc) is 2.24. The van der Waals surface area contributed by atoms with Crippen molar-refractivity contribution in [2.75, 3.05) is 13.6 Å². The van der Waals surface area contributed by atoms with Crippen LogP contribution in [-0.4, -0.2) is 23.9 Å². The van der Waals surface area contributed by atoms with Crippen molar-refractivity contribution < 1.29 is 13.2 Å². The fraction of sp³-hybridized carbons (Fsp3) is 0.500. The van der Waals surface area contributed by atoms with E-state index in [9.17, 15) is 13.2 Å². The summed E-state index contributed by atoms with van der Waals surface area (Å²) in [5.41, 5.74) is -0.207. The Morgan fingerprint density at radius 3 is 2.41 bits per heavy atom. The summed E-state index contributed by atoms with van der Waals surface area (Å²) >= 11 is 4.23. The Morgan fingerprint density at radius 1 is 1.29 bits per heavy atom. The fourth-order valence-corrected chi connectivity index (χ4v) is 1.61. The molecule has 96 valence electrons. The maximum atomic E-state index is 12.7. The molecule has 0 radical (unpaired) electrons. The second-order valence-corrected chi connectivity index (χ2v) is 4.76. The molecule has 0 bridgehead atoms. The van der Waals surface area contributed by atoms with E-state index in [1.165, 1.54) is 12.1 Å². The highest BCUT2D eigenvalue weighted by molar-refractivity contribution is 7.80. The predicted octanol–water partition coefficient (Wildman–Crippen LogP) is 3.46. The van der Waals surface area contributed by atoms with Gasteiger partial charge in [0.05, 0.1) is 5.56 Å². The molecule has 1 nitrogen and oxygen atoms in total. The van der Waals surface area contributed by atoms with Gasteiger partial charge in [-0.2, -0.15) is 25.8 Å². The van der Waals surface area contributed by atoms with E-state index in [-0.39, 0.29) is 5.37 Å². The number of likely N-dealkylation sites (N-methyl/N-ethyl adjacent to an activating group) is 1. The van der Waals surface area contributed by atoms with Crippen LogP contribution in [0.4, 0.5) is 13.2 Å². The van der Waals surface area contributed by atoms with Crippen molar-refractivity contribution in [2.45, 2.75) is 24.9 Å². The van der Waals surface area contributed by atoms with Gasteiger partial charge in [0, 0.05) is 11.9 Å². The second-order valence-electron chi connectivity index (χ2n) is 4.02. The largest absolute Gasteiger partial charge is 0.416 e. The van der Waals surface area contributed by atoms with E-state index in [0.29, 0.717) is 18.5 Å². The molecule has 1 aromatic rings. The van der Waals surface area contributed by atoms with Gasteiger partial charge in [-0.15, -0.1) is 0 Å². The van der Waals surface area contributed by atoms with E-state index in [1.54, 1.807) is 6.07 Å². The first-order valence-electron chi connectivity index (χ1n) is 5.36. The summed E-state index contributed by atoms with van der Waals surface area (Å²) in [4.78, 5) is 1.90. The van der Waals surface area contributed by atoms with Gasteiger partial charge >= 0.3 is 6.18 Å². The number of benzene rings is 1. The zero-order chi connectivity index (χ0) is 13.1. The lowest BCUT2D eigenvalue weighted by atomic mass is 10.0. The van der Waals surface area contributed by atoms with Crippen molar-refractivity contribution in [1.29, 1.82) is 0 Å². The van der Waals surface area contributed by atoms with Crippen LogP contribution in [0, 0.1) is 0 Å². The Labute approximate surface area is 105 Å². The molecule has 0 saturated carbocycles. The van der Waals surface area contributed by atoms with Crippen molar-refractivity contribution in [3.05, 3.63) is 35.4 Å². The summed E-state index contributed by atoms with van der Waals surface area (Å²) in [5.74, 6) is 0. The van der Waals surface area contributed by atoms with Crippen LogP contribution < -0.4 is 0 Å². The summed E-state index contributed by atoms with van der Waals surface area (Å²) in [5, 5.41) is 0.0352. The first-order valence-corrected chi connectivity index (χ1v) is 5.87. The third-order valence-corrected chi connectivity index (χ3v) is 3.09. The number of rotatable bonds is 4. The zero-order valence-corrected chi connectivity index (χ0v) is 10.7. The minimum Gasteiger partial charge on any atom is -0.295 e. The zero-order valence-electron chi connectivity index (χ0n) is 9.83. The van der Waals surface area contributed by atoms with E-state index in [2.05, 4.69) is 12.6 Å². The van der Waals surface area contributed by atoms with Gasteiger partial charge in [0.15, 0.2) is 0 Å². The lowest BCUT2D eigenvalue weighted by molar-refractivity contribution is -0.138. The van der Waals surface area contributed by atoms with E-state index >= 15 is 0 Å². The van der Waals surface area contributed by atoms with Gasteiger partial charge in [-0.25, -0.2) is 0 Å². The Bertz CT molecular complexity index is 363. The van der Waals surface area contributed by atoms with Crippen molar-refractivity contribution >= 4 is 12.6 Å². The highest BCUT2D eigenvalue weighted by Crippen LogP contribution is 2.32. The van der Waals surface area contributed by atoms with Gasteiger partial charge in [0.2, 0.25) is 0 Å². The molecule has 5 heteroatoms. The standard InChI is InChI=1S/C12H16F3NS/c1-9(17)16(2)8-7-10-5-3-4-6-11(10)12(13,14)15/h3-6,9,17H,7-8H2,1-2H3. The van der Waals surface area contributed by atoms with Crippen LogP contribution in [0.5, 0.6) is 0 Å². The molecule has 0 aliphatic heterocycles. The minimum atomic E-state index is -4.28. The number of hydrogen-bond acceptors (Lipinski definition) is 2. The summed E-state index contributed by atoms with van der Waals surface area (Å²) in [6.07, 6.45) is -3.90. The molecule has 0 heterocycles. The monoisotopic (exact) mass is 263 g/mol. The maximum absolute atomic E-state index is 12.7. The van der Waals surface area contributed by atoms with Crippen LogP contribution in [0.3, 0.4) is 0 Å². The first kappa shape index (κ1) is 14.4. The molecule has 0 aromatic heterocycles. The predicted molar refractivity (Wildman–Crippen MR) is 66.2 cm³/mol. The van der Waals surface area contributed by atoms with E-state index < -0.39 is 11.7 Å². The maximum Gasteiger partial charge on any atom is 0.416 e. The highest BCUT2D eigenvalue weighted by Gasteiger charge is 2.32. The van der Waals surface area contributed by atoms with E-state index in [1.807, 2.05) is 18.9 Å². The van der Waals surface area contributed by atoms with Crippen molar-refractivity contribution in [3.8, 4) is 0 Å². The van der Waals surface area contributed by atoms with Crippen molar-refractivity contribution in [2.24, 2.45) is 0 Å². The van der Waals surface area contributed by atoms with Gasteiger partial charge in [-0.3, -0.25) is 4.90 Å². The molecular weight excluding hydrogens is 247 g/mol. The summed E-state index contributed by atoms with van der Waals surface area (Å²) in [7, 11) is 1.84. The molecule has 0 spiro atoms. The Balaban J connectivity index is 2.78. The van der Waals surface area contributed by atoms with Crippen LogP contribution >= 0.6 is 12.6 Å². The lowest BCUT2D eigenvalue weighted by Gasteiger charge is -2.21. The molecule has 0 N–H and O–H groups in total. The number of nitrogens with zero attached hydrogens (tertiary/aromatic N) is 1. The van der Waals surface area contributed by atoms with Gasteiger partial charge in [-0.1, -0.05) is 18.2 Å². The fourth-order valence-electron chi connectivity index (χ4n) is 1.50. The molecule has 0 fully saturated rings. The normalized spacial score (nSPS) is 14.1. The van der Waals surface area contributed by atoms with Gasteiger partial charge in [0.25, 0.3) is 0 Å². The number of alkyl halides is 3. The van der Waals surface area contributed by atoms with E-state index in [0.717, 1.165) is 6.07 Å². The van der Waals surface area contributed by atoms with Crippen LogP contribution in [0.25, 0.3) is 0 Å². The first-order chi connectivity index (χ1) is 7.82. The van der Waals surface area contributed by atoms with Crippen LogP contribution in [-0.2, 0) is 12.6 Å². The second kappa shape index (κ2) is 5.78. The van der Waals surface area contributed by atoms with Crippen LogP contribution in [0.1, 0.15) is 18.1 Å². The Hall–Kier alpha value is -0.680. The third kappa shape index (κ3) is 4.24. The highest BCUT2D eigenvalue weighted by atomic mass is 32.1. The molecule has 1 aromatic carbocycles. The number of hydrogen-bond donors (Lipinski definition) is 1. The smallest absolute Gasteiger partial charge is 0.295 e. The molecule has 1 atom stereocenters. The summed E-state index contributed by atoms with van der Waals surface area (Å²) in [6, 6.07) is 5.70. The average molecular weight is 263 g/mol. The topological polar surface area (TPSA) is 3.24 Å². The third-order valence-electron chi connectivity index (χ3n) is 2.69. The SMILES string of the molecule is CC(S)N(C)CCc1ccccc1C(F)(F)F.